The van der Waals surface area contributed by atoms with Gasteiger partial charge >= 0.3 is 6.09 Å². The predicted octanol–water partition coefficient (Wildman–Crippen LogP) is 2.30. The quantitative estimate of drug-likeness (QED) is 0.481. The third-order valence-corrected chi connectivity index (χ3v) is 4.89. The molecule has 0 aromatic heterocycles. The van der Waals surface area contributed by atoms with E-state index in [1.54, 1.807) is 7.11 Å². The summed E-state index contributed by atoms with van der Waals surface area (Å²) in [6.45, 7) is 1.71. The number of amides is 1. The molecule has 1 aliphatic rings. The third kappa shape index (κ3) is 3.73. The molecule has 2 N–H and O–H groups in total. The summed E-state index contributed by atoms with van der Waals surface area (Å²) in [4.78, 5) is 13.0. The molecular formula is C13H17IN2O3. The molecule has 1 aromatic rings. The lowest BCUT2D eigenvalue weighted by molar-refractivity contribution is 0.189. The van der Waals surface area contributed by atoms with Gasteiger partial charge in [-0.25, -0.2) is 4.79 Å². The summed E-state index contributed by atoms with van der Waals surface area (Å²) in [6.07, 6.45) is -0.0981. The maximum Gasteiger partial charge on any atom is 0.404 e. The average molecular weight is 376 g/mol. The van der Waals surface area contributed by atoms with E-state index in [0.717, 1.165) is 25.3 Å². The first-order valence-corrected chi connectivity index (χ1v) is 7.35. The van der Waals surface area contributed by atoms with Crippen LogP contribution in [0, 0.1) is 0 Å². The fourth-order valence-electron chi connectivity index (χ4n) is 2.29. The van der Waals surface area contributed by atoms with E-state index in [-0.39, 0.29) is 10.1 Å². The van der Waals surface area contributed by atoms with Crippen molar-refractivity contribution in [3.05, 3.63) is 29.8 Å². The molecule has 2 atom stereocenters. The first kappa shape index (κ1) is 14.4. The molecule has 6 heteroatoms. The van der Waals surface area contributed by atoms with Crippen molar-refractivity contribution in [2.75, 3.05) is 13.7 Å². The van der Waals surface area contributed by atoms with Crippen molar-refractivity contribution >= 4 is 28.7 Å². The number of ether oxygens (including phenoxy) is 1. The fraction of sp³-hybridized carbons (Fsp3) is 0.462. The first-order chi connectivity index (χ1) is 9.10. The number of nitrogens with zero attached hydrogens (tertiary/aromatic N) is 1. The van der Waals surface area contributed by atoms with Gasteiger partial charge < -0.3 is 15.2 Å². The number of carbonyl (C=O) groups is 1. The van der Waals surface area contributed by atoms with Gasteiger partial charge in [-0.2, -0.15) is 0 Å². The van der Waals surface area contributed by atoms with Crippen molar-refractivity contribution in [2.24, 2.45) is 0 Å². The Bertz CT molecular complexity index is 455. The van der Waals surface area contributed by atoms with Gasteiger partial charge in [0.1, 0.15) is 5.75 Å². The number of carboxylic acid groups (broad SMARTS) is 1. The van der Waals surface area contributed by atoms with Gasteiger partial charge in [-0.15, -0.1) is 0 Å². The Hall–Kier alpha value is -1.02. The van der Waals surface area contributed by atoms with Gasteiger partial charge in [-0.1, -0.05) is 34.7 Å². The molecule has 1 unspecified atom stereocenters. The number of alkyl halides is 1. The molecule has 1 heterocycles. The van der Waals surface area contributed by atoms with Crippen LogP contribution in [0.25, 0.3) is 0 Å². The lowest BCUT2D eigenvalue weighted by Crippen LogP contribution is -2.40. The highest BCUT2D eigenvalue weighted by molar-refractivity contribution is 14.1. The second kappa shape index (κ2) is 6.42. The van der Waals surface area contributed by atoms with Crippen molar-refractivity contribution in [1.29, 1.82) is 0 Å². The van der Waals surface area contributed by atoms with E-state index in [1.807, 2.05) is 18.2 Å². The minimum Gasteiger partial charge on any atom is -0.497 e. The molecule has 1 amide bonds. The molecule has 1 aromatic carbocycles. The van der Waals surface area contributed by atoms with Crippen LogP contribution in [0.1, 0.15) is 12.0 Å². The topological polar surface area (TPSA) is 61.8 Å². The summed E-state index contributed by atoms with van der Waals surface area (Å²) in [5.41, 5.74) is 1.18. The molecule has 1 saturated heterocycles. The molecule has 5 nitrogen and oxygen atoms in total. The number of methoxy groups -OCH3 is 1. The highest BCUT2D eigenvalue weighted by atomic mass is 127. The Morgan fingerprint density at radius 1 is 1.63 bits per heavy atom. The van der Waals surface area contributed by atoms with Crippen LogP contribution in [0.4, 0.5) is 4.79 Å². The van der Waals surface area contributed by atoms with Crippen LogP contribution < -0.4 is 10.1 Å². The van der Waals surface area contributed by atoms with Crippen LogP contribution in [0.15, 0.2) is 24.3 Å². The maximum atomic E-state index is 10.7. The monoisotopic (exact) mass is 376 g/mol. The van der Waals surface area contributed by atoms with Gasteiger partial charge in [-0.3, -0.25) is 4.90 Å². The zero-order chi connectivity index (χ0) is 13.8. The van der Waals surface area contributed by atoms with Crippen molar-refractivity contribution in [3.8, 4) is 5.75 Å². The summed E-state index contributed by atoms with van der Waals surface area (Å²) in [5.74, 6) is 0.849. The normalized spacial score (nSPS) is 23.3. The van der Waals surface area contributed by atoms with E-state index >= 15 is 0 Å². The standard InChI is InChI=1S/C13H17IN2O3/c1-19-10-4-2-3-9(7-10)8-16-6-5-11(12(16)14)15-13(17)18/h2-4,7,11-12,15H,5-6,8H2,1H3,(H,17,18)/t11-,12?/m1/s1. The number of nitrogens with one attached hydrogen (secondary N) is 1. The van der Waals surface area contributed by atoms with Gasteiger partial charge in [0.25, 0.3) is 0 Å². The molecule has 0 bridgehead atoms. The van der Waals surface area contributed by atoms with E-state index in [2.05, 4.69) is 38.9 Å². The highest BCUT2D eigenvalue weighted by Gasteiger charge is 2.32. The molecule has 104 valence electrons. The molecular weight excluding hydrogens is 359 g/mol. The third-order valence-electron chi connectivity index (χ3n) is 3.24. The molecule has 19 heavy (non-hydrogen) atoms. The molecule has 0 saturated carbocycles. The Kier molecular flexibility index (Phi) is 4.87. The van der Waals surface area contributed by atoms with E-state index in [4.69, 9.17) is 9.84 Å². The maximum absolute atomic E-state index is 10.7. The SMILES string of the molecule is COc1cccc(CN2CC[C@@H](NC(=O)O)C2I)c1. The largest absolute Gasteiger partial charge is 0.497 e. The summed E-state index contributed by atoms with van der Waals surface area (Å²) < 4.78 is 5.39. The first-order valence-electron chi connectivity index (χ1n) is 6.10. The van der Waals surface area contributed by atoms with Gasteiger partial charge in [-0.05, 0) is 24.1 Å². The minimum absolute atomic E-state index is 0.00343. The molecule has 1 aliphatic heterocycles. The number of benzene rings is 1. The number of likely N-dealkylation sites (tertiary alicyclic amines) is 1. The summed E-state index contributed by atoms with van der Waals surface area (Å²) in [5, 5.41) is 11.4. The summed E-state index contributed by atoms with van der Waals surface area (Å²) in [7, 11) is 1.66. The predicted molar refractivity (Wildman–Crippen MR) is 80.8 cm³/mol. The molecule has 0 radical (unpaired) electrons. The number of hydrogen-bond donors (Lipinski definition) is 2. The molecule has 1 fully saturated rings. The van der Waals surface area contributed by atoms with Crippen molar-refractivity contribution < 1.29 is 14.6 Å². The number of halogens is 1. The van der Waals surface area contributed by atoms with Crippen molar-refractivity contribution in [2.45, 2.75) is 23.1 Å². The lowest BCUT2D eigenvalue weighted by atomic mass is 10.2. The van der Waals surface area contributed by atoms with Gasteiger partial charge in [0, 0.05) is 13.1 Å². The van der Waals surface area contributed by atoms with E-state index < -0.39 is 6.09 Å². The summed E-state index contributed by atoms with van der Waals surface area (Å²) in [6, 6.07) is 7.97. The number of rotatable bonds is 4. The molecule has 0 aliphatic carbocycles. The highest BCUT2D eigenvalue weighted by Crippen LogP contribution is 2.26. The van der Waals surface area contributed by atoms with Gasteiger partial charge in [0.05, 0.1) is 17.2 Å². The van der Waals surface area contributed by atoms with Crippen LogP contribution in [-0.2, 0) is 6.54 Å². The van der Waals surface area contributed by atoms with Crippen LogP contribution in [0.3, 0.4) is 0 Å². The molecule has 2 rings (SSSR count). The average Bonchev–Trinajstić information content (AvgIpc) is 2.71. The van der Waals surface area contributed by atoms with Gasteiger partial charge in [0.15, 0.2) is 0 Å². The lowest BCUT2D eigenvalue weighted by Gasteiger charge is -2.23. The summed E-state index contributed by atoms with van der Waals surface area (Å²) >= 11 is 2.30. The van der Waals surface area contributed by atoms with E-state index in [0.29, 0.717) is 0 Å². The number of hydrogen-bond acceptors (Lipinski definition) is 3. The zero-order valence-corrected chi connectivity index (χ0v) is 12.8. The smallest absolute Gasteiger partial charge is 0.404 e. The van der Waals surface area contributed by atoms with Crippen LogP contribution >= 0.6 is 22.6 Å². The Morgan fingerprint density at radius 2 is 2.42 bits per heavy atom. The van der Waals surface area contributed by atoms with E-state index in [9.17, 15) is 4.79 Å². The minimum atomic E-state index is -0.949. The Morgan fingerprint density at radius 3 is 3.11 bits per heavy atom. The van der Waals surface area contributed by atoms with Crippen molar-refractivity contribution in [3.63, 3.8) is 0 Å². The Balaban J connectivity index is 1.98. The van der Waals surface area contributed by atoms with E-state index in [1.165, 1.54) is 5.56 Å². The zero-order valence-electron chi connectivity index (χ0n) is 10.7. The van der Waals surface area contributed by atoms with Crippen LogP contribution in [0.5, 0.6) is 5.75 Å². The second-order valence-corrected chi connectivity index (χ2v) is 5.82. The second-order valence-electron chi connectivity index (χ2n) is 4.54. The van der Waals surface area contributed by atoms with Crippen LogP contribution in [-0.4, -0.2) is 39.8 Å². The van der Waals surface area contributed by atoms with Crippen LogP contribution in [0.2, 0.25) is 0 Å². The Labute approximate surface area is 126 Å². The fourth-order valence-corrected chi connectivity index (χ4v) is 3.31. The molecule has 0 spiro atoms. The van der Waals surface area contributed by atoms with Crippen molar-refractivity contribution in [1.82, 2.24) is 10.2 Å². The van der Waals surface area contributed by atoms with Gasteiger partial charge in [0.2, 0.25) is 0 Å².